The van der Waals surface area contributed by atoms with Crippen molar-refractivity contribution in [3.8, 4) is 0 Å². The van der Waals surface area contributed by atoms with Gasteiger partial charge >= 0.3 is 0 Å². The predicted molar refractivity (Wildman–Crippen MR) is 48.9 cm³/mol. The molecule has 3 nitrogen and oxygen atoms in total. The average Bonchev–Trinajstić information content (AvgIpc) is 2.49. The fourth-order valence-corrected chi connectivity index (χ4v) is 1.28. The minimum atomic E-state index is 0.473. The Hall–Kier alpha value is -1.35. The first kappa shape index (κ1) is 7.31. The Morgan fingerprint density at radius 1 is 1.50 bits per heavy atom. The van der Waals surface area contributed by atoms with Crippen LogP contribution in [0.4, 0.5) is 0 Å². The molecule has 12 heavy (non-hydrogen) atoms. The van der Waals surface area contributed by atoms with E-state index in [0.717, 1.165) is 11.0 Å². The second-order valence-electron chi connectivity index (χ2n) is 2.31. The van der Waals surface area contributed by atoms with Crippen molar-refractivity contribution in [2.75, 3.05) is 0 Å². The monoisotopic (exact) mass is 179 g/mol. The maximum absolute atomic E-state index is 5.83. The number of hydrogen-bond donors (Lipinski definition) is 0. The molecule has 0 amide bonds. The van der Waals surface area contributed by atoms with Crippen LogP contribution < -0.4 is 0 Å². The summed E-state index contributed by atoms with van der Waals surface area (Å²) in [6.45, 7) is 3.64. The average molecular weight is 180 g/mol. The normalized spacial score (nSPS) is 10.4. The van der Waals surface area contributed by atoms with E-state index in [1.165, 1.54) is 6.33 Å². The second-order valence-corrected chi connectivity index (χ2v) is 2.67. The first-order valence-corrected chi connectivity index (χ1v) is 3.80. The molecule has 2 heterocycles. The largest absolute Gasteiger partial charge is 0.309 e. The first-order chi connectivity index (χ1) is 5.83. The molecule has 0 unspecified atom stereocenters. The maximum Gasteiger partial charge on any atom is 0.148 e. The van der Waals surface area contributed by atoms with Crippen LogP contribution in [0.2, 0.25) is 5.15 Å². The Morgan fingerprint density at radius 2 is 2.33 bits per heavy atom. The fraction of sp³-hybridized carbons (Fsp3) is 0. The van der Waals surface area contributed by atoms with Gasteiger partial charge in [0.15, 0.2) is 0 Å². The van der Waals surface area contributed by atoms with Crippen LogP contribution in [-0.4, -0.2) is 14.5 Å². The standard InChI is InChI=1S/C8H6ClN3/c1-2-12-4-3-6-7(9)10-5-11-8(6)12/h2-5H,1H2. The lowest BCUT2D eigenvalue weighted by Gasteiger charge is -1.94. The molecule has 0 N–H and O–H groups in total. The van der Waals surface area contributed by atoms with E-state index in [1.54, 1.807) is 10.8 Å². The Kier molecular flexibility index (Phi) is 1.59. The Balaban J connectivity index is 2.88. The summed E-state index contributed by atoms with van der Waals surface area (Å²) in [5.41, 5.74) is 0.782. The van der Waals surface area contributed by atoms with Gasteiger partial charge in [-0.2, -0.15) is 0 Å². The molecule has 0 saturated heterocycles. The number of hydrogen-bond acceptors (Lipinski definition) is 2. The van der Waals surface area contributed by atoms with Gasteiger partial charge in [0.25, 0.3) is 0 Å². The number of fused-ring (bicyclic) bond motifs is 1. The van der Waals surface area contributed by atoms with Gasteiger partial charge in [0.2, 0.25) is 0 Å². The highest BCUT2D eigenvalue weighted by atomic mass is 35.5. The highest BCUT2D eigenvalue weighted by Crippen LogP contribution is 2.19. The van der Waals surface area contributed by atoms with Crippen molar-refractivity contribution in [1.82, 2.24) is 14.5 Å². The fourth-order valence-electron chi connectivity index (χ4n) is 1.09. The quantitative estimate of drug-likeness (QED) is 0.629. The van der Waals surface area contributed by atoms with Gasteiger partial charge in [0, 0.05) is 12.4 Å². The molecule has 0 radical (unpaired) electrons. The first-order valence-electron chi connectivity index (χ1n) is 3.42. The van der Waals surface area contributed by atoms with Crippen LogP contribution in [0, 0.1) is 0 Å². The zero-order valence-corrected chi connectivity index (χ0v) is 6.99. The lowest BCUT2D eigenvalue weighted by molar-refractivity contribution is 1.14. The van der Waals surface area contributed by atoms with E-state index in [2.05, 4.69) is 16.5 Å². The van der Waals surface area contributed by atoms with Crippen LogP contribution in [-0.2, 0) is 0 Å². The molecular weight excluding hydrogens is 174 g/mol. The van der Waals surface area contributed by atoms with Gasteiger partial charge in [-0.1, -0.05) is 18.2 Å². The Labute approximate surface area is 74.3 Å². The Morgan fingerprint density at radius 3 is 3.08 bits per heavy atom. The van der Waals surface area contributed by atoms with Crippen molar-refractivity contribution in [2.24, 2.45) is 0 Å². The van der Waals surface area contributed by atoms with Crippen molar-refractivity contribution in [3.63, 3.8) is 0 Å². The molecule has 0 fully saturated rings. The minimum Gasteiger partial charge on any atom is -0.309 e. The third-order valence-corrected chi connectivity index (χ3v) is 1.96. The van der Waals surface area contributed by atoms with Crippen molar-refractivity contribution < 1.29 is 0 Å². The van der Waals surface area contributed by atoms with Gasteiger partial charge in [-0.3, -0.25) is 0 Å². The zero-order chi connectivity index (χ0) is 8.55. The van der Waals surface area contributed by atoms with Crippen LogP contribution in [0.15, 0.2) is 25.2 Å². The Bertz CT molecular complexity index is 433. The van der Waals surface area contributed by atoms with Crippen LogP contribution in [0.25, 0.3) is 17.2 Å². The second kappa shape index (κ2) is 2.60. The van der Waals surface area contributed by atoms with Crippen LogP contribution in [0.1, 0.15) is 0 Å². The molecule has 0 atom stereocenters. The van der Waals surface area contributed by atoms with E-state index in [4.69, 9.17) is 11.6 Å². The smallest absolute Gasteiger partial charge is 0.148 e. The summed E-state index contributed by atoms with van der Waals surface area (Å²) in [5.74, 6) is 0. The topological polar surface area (TPSA) is 30.7 Å². The van der Waals surface area contributed by atoms with Crippen molar-refractivity contribution in [1.29, 1.82) is 0 Å². The van der Waals surface area contributed by atoms with E-state index >= 15 is 0 Å². The molecule has 0 bridgehead atoms. The van der Waals surface area contributed by atoms with Gasteiger partial charge in [-0.15, -0.1) is 0 Å². The predicted octanol–water partition coefficient (Wildman–Crippen LogP) is 2.19. The number of nitrogens with zero attached hydrogens (tertiary/aromatic N) is 3. The van der Waals surface area contributed by atoms with Gasteiger partial charge in [-0.05, 0) is 6.07 Å². The molecule has 0 aromatic carbocycles. The highest BCUT2D eigenvalue weighted by Gasteiger charge is 2.03. The molecule has 0 aliphatic rings. The summed E-state index contributed by atoms with van der Waals surface area (Å²) in [5, 5.41) is 1.32. The van der Waals surface area contributed by atoms with Crippen molar-refractivity contribution in [2.45, 2.75) is 0 Å². The van der Waals surface area contributed by atoms with Crippen LogP contribution in [0.3, 0.4) is 0 Å². The van der Waals surface area contributed by atoms with Crippen molar-refractivity contribution in [3.05, 3.63) is 30.3 Å². The SMILES string of the molecule is C=Cn1ccc2c(Cl)ncnc21. The molecule has 0 saturated carbocycles. The third kappa shape index (κ3) is 0.905. The number of aromatic nitrogens is 3. The molecule has 0 aliphatic heterocycles. The number of halogens is 1. The lowest BCUT2D eigenvalue weighted by Crippen LogP contribution is -1.86. The molecule has 0 aliphatic carbocycles. The lowest BCUT2D eigenvalue weighted by atomic mass is 10.4. The molecule has 2 aromatic heterocycles. The highest BCUT2D eigenvalue weighted by molar-refractivity contribution is 6.33. The molecule has 60 valence electrons. The van der Waals surface area contributed by atoms with E-state index < -0.39 is 0 Å². The van der Waals surface area contributed by atoms with E-state index in [-0.39, 0.29) is 0 Å². The van der Waals surface area contributed by atoms with Gasteiger partial charge in [0.05, 0.1) is 5.39 Å². The summed E-state index contributed by atoms with van der Waals surface area (Å²) in [7, 11) is 0. The van der Waals surface area contributed by atoms with E-state index in [0.29, 0.717) is 5.15 Å². The summed E-state index contributed by atoms with van der Waals surface area (Å²) in [4.78, 5) is 7.93. The maximum atomic E-state index is 5.83. The zero-order valence-electron chi connectivity index (χ0n) is 6.24. The van der Waals surface area contributed by atoms with E-state index in [9.17, 15) is 0 Å². The minimum absolute atomic E-state index is 0.473. The summed E-state index contributed by atoms with van der Waals surface area (Å²) in [6, 6.07) is 1.86. The summed E-state index contributed by atoms with van der Waals surface area (Å²) >= 11 is 5.83. The number of rotatable bonds is 1. The third-order valence-electron chi connectivity index (χ3n) is 1.66. The van der Waals surface area contributed by atoms with Crippen molar-refractivity contribution >= 4 is 28.8 Å². The molecule has 4 heteroatoms. The molecule has 2 rings (SSSR count). The van der Waals surface area contributed by atoms with Gasteiger partial charge in [0.1, 0.15) is 17.1 Å². The van der Waals surface area contributed by atoms with Gasteiger partial charge in [-0.25, -0.2) is 9.97 Å². The van der Waals surface area contributed by atoms with Gasteiger partial charge < -0.3 is 4.57 Å². The summed E-state index contributed by atoms with van der Waals surface area (Å²) in [6.07, 6.45) is 4.95. The summed E-state index contributed by atoms with van der Waals surface area (Å²) < 4.78 is 1.79. The molecule has 0 spiro atoms. The molecule has 2 aromatic rings. The molecular formula is C8H6ClN3. The van der Waals surface area contributed by atoms with Crippen LogP contribution in [0.5, 0.6) is 0 Å². The van der Waals surface area contributed by atoms with Crippen LogP contribution >= 0.6 is 11.6 Å². The van der Waals surface area contributed by atoms with E-state index in [1.807, 2.05) is 12.3 Å².